The largest absolute Gasteiger partial charge is 0.493 e. The summed E-state index contributed by atoms with van der Waals surface area (Å²) in [6.07, 6.45) is 1.83. The van der Waals surface area contributed by atoms with Gasteiger partial charge in [0.2, 0.25) is 0 Å². The first-order valence-corrected chi connectivity index (χ1v) is 7.97. The number of ether oxygens (including phenoxy) is 2. The summed E-state index contributed by atoms with van der Waals surface area (Å²) < 4.78 is 11.6. The molecule has 1 aromatic carbocycles. The summed E-state index contributed by atoms with van der Waals surface area (Å²) in [5.74, 6) is 1.45. The molecule has 5 heteroatoms. The van der Waals surface area contributed by atoms with E-state index < -0.39 is 17.1 Å². The Hall–Kier alpha value is -1.59. The minimum atomic E-state index is -0.908. The summed E-state index contributed by atoms with van der Waals surface area (Å²) in [5.41, 5.74) is 0.699. The molecule has 4 atom stereocenters. The first-order valence-electron chi connectivity index (χ1n) is 7.97. The van der Waals surface area contributed by atoms with Gasteiger partial charge in [-0.1, -0.05) is 6.07 Å². The van der Waals surface area contributed by atoms with Gasteiger partial charge in [-0.2, -0.15) is 0 Å². The van der Waals surface area contributed by atoms with Gasteiger partial charge in [-0.05, 0) is 37.4 Å². The van der Waals surface area contributed by atoms with Crippen LogP contribution in [0.2, 0.25) is 0 Å². The first-order chi connectivity index (χ1) is 10.6. The topological polar surface area (TPSA) is 67.8 Å². The Bertz CT molecular complexity index is 702. The molecular formula is C17H19NO4. The fourth-order valence-corrected chi connectivity index (χ4v) is 5.37. The molecule has 1 aromatic rings. The van der Waals surface area contributed by atoms with Gasteiger partial charge in [0, 0.05) is 18.0 Å². The van der Waals surface area contributed by atoms with Gasteiger partial charge in [0.15, 0.2) is 23.4 Å². The summed E-state index contributed by atoms with van der Waals surface area (Å²) in [7, 11) is 1.61. The highest BCUT2D eigenvalue weighted by Gasteiger charge is 2.71. The van der Waals surface area contributed by atoms with Crippen molar-refractivity contribution in [3.05, 3.63) is 23.3 Å². The van der Waals surface area contributed by atoms with Crippen LogP contribution in [0.5, 0.6) is 11.5 Å². The van der Waals surface area contributed by atoms with E-state index in [1.165, 1.54) is 5.56 Å². The van der Waals surface area contributed by atoms with Crippen molar-refractivity contribution in [2.75, 3.05) is 13.7 Å². The molecule has 0 amide bonds. The quantitative estimate of drug-likeness (QED) is 0.799. The first kappa shape index (κ1) is 12.9. The second-order valence-electron chi connectivity index (χ2n) is 6.95. The highest BCUT2D eigenvalue weighted by atomic mass is 16.5. The number of hydrogen-bond acceptors (Lipinski definition) is 5. The highest BCUT2D eigenvalue weighted by Crippen LogP contribution is 2.63. The van der Waals surface area contributed by atoms with Crippen molar-refractivity contribution in [2.45, 2.75) is 48.8 Å². The molecule has 1 spiro atoms. The Kier molecular flexibility index (Phi) is 2.25. The second kappa shape index (κ2) is 3.84. The van der Waals surface area contributed by atoms with E-state index in [2.05, 4.69) is 11.4 Å². The monoisotopic (exact) mass is 301 g/mol. The van der Waals surface area contributed by atoms with Gasteiger partial charge in [0.25, 0.3) is 0 Å². The number of piperidine rings is 1. The minimum Gasteiger partial charge on any atom is -0.493 e. The van der Waals surface area contributed by atoms with Gasteiger partial charge in [-0.3, -0.25) is 4.79 Å². The molecule has 4 aliphatic rings. The second-order valence-corrected chi connectivity index (χ2v) is 6.95. The Morgan fingerprint density at radius 2 is 2.27 bits per heavy atom. The predicted molar refractivity (Wildman–Crippen MR) is 78.4 cm³/mol. The number of benzene rings is 1. The maximum Gasteiger partial charge on any atom is 0.174 e. The molecule has 1 saturated carbocycles. The van der Waals surface area contributed by atoms with E-state index in [1.54, 1.807) is 7.11 Å². The van der Waals surface area contributed by atoms with Crippen LogP contribution in [0.4, 0.5) is 0 Å². The van der Waals surface area contributed by atoms with E-state index in [0.717, 1.165) is 24.9 Å². The summed E-state index contributed by atoms with van der Waals surface area (Å²) in [6.45, 7) is 0.802. The van der Waals surface area contributed by atoms with Gasteiger partial charge < -0.3 is 19.9 Å². The van der Waals surface area contributed by atoms with Gasteiger partial charge in [0.05, 0.1) is 18.1 Å². The van der Waals surface area contributed by atoms with Crippen LogP contribution in [-0.2, 0) is 16.6 Å². The zero-order chi connectivity index (χ0) is 15.1. The average Bonchev–Trinajstić information content (AvgIpc) is 2.85. The lowest BCUT2D eigenvalue weighted by atomic mass is 9.49. The summed E-state index contributed by atoms with van der Waals surface area (Å²) in [4.78, 5) is 12.6. The van der Waals surface area contributed by atoms with E-state index >= 15 is 0 Å². The summed E-state index contributed by atoms with van der Waals surface area (Å²) in [6, 6.07) is 3.96. The van der Waals surface area contributed by atoms with Gasteiger partial charge in [0.1, 0.15) is 0 Å². The molecule has 2 bridgehead atoms. The Morgan fingerprint density at radius 3 is 3.09 bits per heavy atom. The van der Waals surface area contributed by atoms with Crippen LogP contribution in [-0.4, -0.2) is 42.3 Å². The molecule has 2 N–H and O–H groups in total. The summed E-state index contributed by atoms with van der Waals surface area (Å²) in [5, 5.41) is 15.0. The lowest BCUT2D eigenvalue weighted by Gasteiger charge is -2.59. The molecule has 116 valence electrons. The number of methoxy groups -OCH3 is 1. The standard InChI is InChI=1S/C17H19NO4/c1-21-11-3-2-9-8-12-17(20)5-4-10(19)15-16(17,6-7-18-12)13(9)14(11)22-15/h2-3,12,15,18,20H,4-8H2,1H3. The number of carbonyl (C=O) groups excluding carboxylic acids is 1. The molecule has 22 heavy (non-hydrogen) atoms. The Labute approximate surface area is 128 Å². The van der Waals surface area contributed by atoms with Gasteiger partial charge >= 0.3 is 0 Å². The van der Waals surface area contributed by atoms with E-state index in [4.69, 9.17) is 9.47 Å². The van der Waals surface area contributed by atoms with E-state index in [-0.39, 0.29) is 11.8 Å². The normalized spacial score (nSPS) is 40.9. The number of rotatable bonds is 1. The minimum absolute atomic E-state index is 0.00713. The molecule has 1 saturated heterocycles. The van der Waals surface area contributed by atoms with Crippen molar-refractivity contribution >= 4 is 5.78 Å². The fourth-order valence-electron chi connectivity index (χ4n) is 5.37. The lowest BCUT2D eigenvalue weighted by molar-refractivity contribution is -0.166. The van der Waals surface area contributed by atoms with Crippen LogP contribution in [0.3, 0.4) is 0 Å². The third-order valence-corrected chi connectivity index (χ3v) is 6.29. The van der Waals surface area contributed by atoms with Crippen LogP contribution in [0, 0.1) is 0 Å². The SMILES string of the molecule is COc1ccc2c3c1OC1C(=O)CCC4(O)C(C2)NCCC314. The zero-order valence-corrected chi connectivity index (χ0v) is 12.5. The van der Waals surface area contributed by atoms with Gasteiger partial charge in [-0.15, -0.1) is 0 Å². The van der Waals surface area contributed by atoms with Crippen molar-refractivity contribution in [3.63, 3.8) is 0 Å². The molecule has 4 unspecified atom stereocenters. The number of carbonyl (C=O) groups is 1. The van der Waals surface area contributed by atoms with E-state index in [9.17, 15) is 9.90 Å². The third kappa shape index (κ3) is 1.16. The molecule has 2 heterocycles. The number of hydrogen-bond donors (Lipinski definition) is 2. The number of aliphatic hydroxyl groups is 1. The van der Waals surface area contributed by atoms with Gasteiger partial charge in [-0.25, -0.2) is 0 Å². The van der Waals surface area contributed by atoms with Crippen molar-refractivity contribution in [1.29, 1.82) is 0 Å². The summed E-state index contributed by atoms with van der Waals surface area (Å²) >= 11 is 0. The van der Waals surface area contributed by atoms with Crippen molar-refractivity contribution in [3.8, 4) is 11.5 Å². The zero-order valence-electron chi connectivity index (χ0n) is 12.5. The predicted octanol–water partition coefficient (Wildman–Crippen LogP) is 0.706. The van der Waals surface area contributed by atoms with Crippen LogP contribution in [0.15, 0.2) is 12.1 Å². The lowest BCUT2D eigenvalue weighted by Crippen LogP contribution is -2.76. The molecule has 2 aliphatic heterocycles. The third-order valence-electron chi connectivity index (χ3n) is 6.29. The fraction of sp³-hybridized carbons (Fsp3) is 0.588. The number of nitrogens with one attached hydrogen (secondary N) is 1. The van der Waals surface area contributed by atoms with E-state index in [1.807, 2.05) is 6.07 Å². The Balaban J connectivity index is 1.87. The van der Waals surface area contributed by atoms with Crippen LogP contribution >= 0.6 is 0 Å². The highest BCUT2D eigenvalue weighted by molar-refractivity contribution is 5.90. The van der Waals surface area contributed by atoms with Crippen molar-refractivity contribution < 1.29 is 19.4 Å². The maximum absolute atomic E-state index is 12.6. The molecule has 5 nitrogen and oxygen atoms in total. The van der Waals surface area contributed by atoms with Crippen molar-refractivity contribution in [2.24, 2.45) is 0 Å². The van der Waals surface area contributed by atoms with Crippen LogP contribution in [0.25, 0.3) is 0 Å². The Morgan fingerprint density at radius 1 is 1.41 bits per heavy atom. The van der Waals surface area contributed by atoms with Crippen LogP contribution < -0.4 is 14.8 Å². The molecule has 0 aromatic heterocycles. The molecule has 0 radical (unpaired) electrons. The number of Topliss-reactive ketones (excluding diaryl/α,β-unsaturated/α-hetero) is 1. The molecule has 2 fully saturated rings. The average molecular weight is 301 g/mol. The molecule has 5 rings (SSSR count). The smallest absolute Gasteiger partial charge is 0.174 e. The van der Waals surface area contributed by atoms with Crippen molar-refractivity contribution in [1.82, 2.24) is 5.32 Å². The maximum atomic E-state index is 12.6. The number of ketones is 1. The van der Waals surface area contributed by atoms with Crippen LogP contribution in [0.1, 0.15) is 30.4 Å². The molecular weight excluding hydrogens is 282 g/mol. The van der Waals surface area contributed by atoms with E-state index in [0.29, 0.717) is 24.3 Å². The molecule has 2 aliphatic carbocycles.